The molecule has 1 aliphatic rings. The first kappa shape index (κ1) is 19.9. The van der Waals surface area contributed by atoms with Gasteiger partial charge in [-0.25, -0.2) is 4.90 Å². The number of benzene rings is 2. The van der Waals surface area contributed by atoms with Gasteiger partial charge >= 0.3 is 6.18 Å². The highest BCUT2D eigenvalue weighted by Gasteiger charge is 2.40. The van der Waals surface area contributed by atoms with Crippen molar-refractivity contribution in [3.63, 3.8) is 0 Å². The number of carbonyl (C=O) groups is 2. The van der Waals surface area contributed by atoms with E-state index in [1.54, 1.807) is 24.3 Å². The van der Waals surface area contributed by atoms with Gasteiger partial charge in [-0.2, -0.15) is 13.2 Å². The summed E-state index contributed by atoms with van der Waals surface area (Å²) in [6.07, 6.45) is -4.59. The number of nitrogens with one attached hydrogen (secondary N) is 1. The van der Waals surface area contributed by atoms with Crippen molar-refractivity contribution in [1.82, 2.24) is 5.32 Å². The second-order valence-electron chi connectivity index (χ2n) is 6.29. The van der Waals surface area contributed by atoms with Crippen LogP contribution in [0.2, 0.25) is 0 Å². The third-order valence-corrected chi connectivity index (χ3v) is 4.41. The zero-order chi connectivity index (χ0) is 20.3. The zero-order valence-electron chi connectivity index (χ0n) is 15.1. The van der Waals surface area contributed by atoms with Crippen LogP contribution >= 0.6 is 0 Å². The molecule has 1 aliphatic heterocycles. The number of nitrogens with zero attached hydrogens (tertiary/aromatic N) is 1. The molecule has 2 aromatic carbocycles. The van der Waals surface area contributed by atoms with Gasteiger partial charge < -0.3 is 10.1 Å². The molecule has 1 atom stereocenters. The Hall–Kier alpha value is -2.87. The Morgan fingerprint density at radius 1 is 1.11 bits per heavy atom. The summed E-state index contributed by atoms with van der Waals surface area (Å²) in [6, 6.07) is 10.8. The molecule has 0 aromatic heterocycles. The van der Waals surface area contributed by atoms with E-state index in [-0.39, 0.29) is 18.5 Å². The minimum Gasteiger partial charge on any atom is -0.494 e. The predicted molar refractivity (Wildman–Crippen MR) is 96.8 cm³/mol. The summed E-state index contributed by atoms with van der Waals surface area (Å²) < 4.78 is 44.6. The lowest BCUT2D eigenvalue weighted by molar-refractivity contribution is -0.138. The van der Waals surface area contributed by atoms with E-state index < -0.39 is 29.6 Å². The van der Waals surface area contributed by atoms with Gasteiger partial charge in [-0.05, 0) is 42.8 Å². The van der Waals surface area contributed by atoms with Crippen LogP contribution in [0.4, 0.5) is 18.9 Å². The number of hydrogen-bond donors (Lipinski definition) is 1. The summed E-state index contributed by atoms with van der Waals surface area (Å²) >= 11 is 0. The van der Waals surface area contributed by atoms with Crippen LogP contribution in [0.1, 0.15) is 24.5 Å². The van der Waals surface area contributed by atoms with Gasteiger partial charge in [0.15, 0.2) is 0 Å². The molecular formula is C20H19F3N2O3. The largest absolute Gasteiger partial charge is 0.494 e. The zero-order valence-corrected chi connectivity index (χ0v) is 15.1. The lowest BCUT2D eigenvalue weighted by atomic mass is 10.1. The van der Waals surface area contributed by atoms with E-state index in [4.69, 9.17) is 4.74 Å². The van der Waals surface area contributed by atoms with Crippen LogP contribution < -0.4 is 15.0 Å². The molecule has 2 aromatic rings. The predicted octanol–water partition coefficient (Wildman–Crippen LogP) is 3.53. The topological polar surface area (TPSA) is 58.6 Å². The standard InChI is InChI=1S/C20H19F3N2O3/c1-2-28-15-9-7-14(8-10-15)25-18(26)11-17(19(25)27)24-12-13-5-3-4-6-16(13)20(21,22)23/h3-10,17,24H,2,11-12H2,1H3/t17-/m1/s1. The Morgan fingerprint density at radius 3 is 2.43 bits per heavy atom. The van der Waals surface area contributed by atoms with Gasteiger partial charge in [0, 0.05) is 6.54 Å². The first-order chi connectivity index (χ1) is 13.3. The Labute approximate surface area is 160 Å². The van der Waals surface area contributed by atoms with E-state index in [2.05, 4.69) is 5.32 Å². The molecule has 0 bridgehead atoms. The van der Waals surface area contributed by atoms with E-state index >= 15 is 0 Å². The highest BCUT2D eigenvalue weighted by atomic mass is 19.4. The molecule has 1 saturated heterocycles. The molecule has 2 amide bonds. The molecule has 0 saturated carbocycles. The number of amides is 2. The van der Waals surface area contributed by atoms with Gasteiger partial charge in [0.25, 0.3) is 5.91 Å². The molecule has 3 rings (SSSR count). The number of alkyl halides is 3. The smallest absolute Gasteiger partial charge is 0.416 e. The van der Waals surface area contributed by atoms with Crippen molar-refractivity contribution in [2.45, 2.75) is 32.1 Å². The van der Waals surface area contributed by atoms with Crippen molar-refractivity contribution in [2.75, 3.05) is 11.5 Å². The summed E-state index contributed by atoms with van der Waals surface area (Å²) in [4.78, 5) is 26.0. The van der Waals surface area contributed by atoms with Crippen LogP contribution in [-0.4, -0.2) is 24.5 Å². The van der Waals surface area contributed by atoms with Crippen molar-refractivity contribution in [2.24, 2.45) is 0 Å². The minimum absolute atomic E-state index is 0.0229. The molecule has 0 unspecified atom stereocenters. The van der Waals surface area contributed by atoms with Gasteiger partial charge in [0.1, 0.15) is 5.75 Å². The fourth-order valence-corrected chi connectivity index (χ4v) is 3.10. The molecule has 1 heterocycles. The van der Waals surface area contributed by atoms with Crippen molar-refractivity contribution in [3.8, 4) is 5.75 Å². The van der Waals surface area contributed by atoms with Gasteiger partial charge in [0.05, 0.1) is 30.3 Å². The first-order valence-corrected chi connectivity index (χ1v) is 8.79. The molecule has 0 radical (unpaired) electrons. The monoisotopic (exact) mass is 392 g/mol. The van der Waals surface area contributed by atoms with Gasteiger partial charge in [-0.3, -0.25) is 9.59 Å². The molecular weight excluding hydrogens is 373 g/mol. The number of ether oxygens (including phenoxy) is 1. The van der Waals surface area contributed by atoms with Crippen LogP contribution in [0.15, 0.2) is 48.5 Å². The second-order valence-corrected chi connectivity index (χ2v) is 6.29. The fourth-order valence-electron chi connectivity index (χ4n) is 3.10. The van der Waals surface area contributed by atoms with E-state index in [1.165, 1.54) is 18.2 Å². The van der Waals surface area contributed by atoms with E-state index in [0.717, 1.165) is 11.0 Å². The highest BCUT2D eigenvalue weighted by molar-refractivity contribution is 6.22. The van der Waals surface area contributed by atoms with Crippen molar-refractivity contribution < 1.29 is 27.5 Å². The van der Waals surface area contributed by atoms with Crippen LogP contribution in [0.25, 0.3) is 0 Å². The summed E-state index contributed by atoms with van der Waals surface area (Å²) in [6.45, 7) is 2.16. The van der Waals surface area contributed by atoms with Crippen LogP contribution in [0.5, 0.6) is 5.75 Å². The second kappa shape index (κ2) is 8.02. The third kappa shape index (κ3) is 4.17. The summed E-state index contributed by atoms with van der Waals surface area (Å²) in [7, 11) is 0. The SMILES string of the molecule is CCOc1ccc(N2C(=O)C[C@@H](NCc3ccccc3C(F)(F)F)C2=O)cc1. The van der Waals surface area contributed by atoms with E-state index in [1.807, 2.05) is 6.92 Å². The average Bonchev–Trinajstić information content (AvgIpc) is 2.94. The normalized spacial score (nSPS) is 17.3. The Morgan fingerprint density at radius 2 is 1.79 bits per heavy atom. The third-order valence-electron chi connectivity index (χ3n) is 4.41. The maximum atomic E-state index is 13.1. The Balaban J connectivity index is 1.71. The molecule has 5 nitrogen and oxygen atoms in total. The van der Waals surface area contributed by atoms with Gasteiger partial charge in [0.2, 0.25) is 5.91 Å². The number of anilines is 1. The summed E-state index contributed by atoms with van der Waals surface area (Å²) in [5, 5.41) is 2.79. The lowest BCUT2D eigenvalue weighted by Gasteiger charge is -2.17. The van der Waals surface area contributed by atoms with Crippen molar-refractivity contribution in [3.05, 3.63) is 59.7 Å². The van der Waals surface area contributed by atoms with Gasteiger partial charge in [-0.1, -0.05) is 18.2 Å². The van der Waals surface area contributed by atoms with Crippen molar-refractivity contribution in [1.29, 1.82) is 0 Å². The number of hydrogen-bond acceptors (Lipinski definition) is 4. The van der Waals surface area contributed by atoms with Crippen LogP contribution in [0, 0.1) is 0 Å². The molecule has 0 aliphatic carbocycles. The number of halogens is 3. The molecule has 0 spiro atoms. The Kier molecular flexibility index (Phi) is 5.69. The fraction of sp³-hybridized carbons (Fsp3) is 0.300. The van der Waals surface area contributed by atoms with E-state index in [0.29, 0.717) is 18.0 Å². The quantitative estimate of drug-likeness (QED) is 0.765. The lowest BCUT2D eigenvalue weighted by Crippen LogP contribution is -2.38. The average molecular weight is 392 g/mol. The van der Waals surface area contributed by atoms with Crippen molar-refractivity contribution >= 4 is 17.5 Å². The summed E-state index contributed by atoms with van der Waals surface area (Å²) in [5.74, 6) is -0.279. The Bertz CT molecular complexity index is 866. The van der Waals surface area contributed by atoms with Gasteiger partial charge in [-0.15, -0.1) is 0 Å². The molecule has 28 heavy (non-hydrogen) atoms. The van der Waals surface area contributed by atoms with Crippen LogP contribution in [0.3, 0.4) is 0 Å². The number of carbonyl (C=O) groups excluding carboxylic acids is 2. The van der Waals surface area contributed by atoms with Crippen LogP contribution in [-0.2, 0) is 22.3 Å². The van der Waals surface area contributed by atoms with E-state index in [9.17, 15) is 22.8 Å². The molecule has 1 fully saturated rings. The maximum absolute atomic E-state index is 13.1. The summed E-state index contributed by atoms with van der Waals surface area (Å²) in [5.41, 5.74) is -0.337. The molecule has 148 valence electrons. The first-order valence-electron chi connectivity index (χ1n) is 8.79. The highest BCUT2D eigenvalue weighted by Crippen LogP contribution is 2.32. The molecule has 1 N–H and O–H groups in total. The number of imide groups is 1. The maximum Gasteiger partial charge on any atom is 0.416 e. The number of rotatable bonds is 6. The minimum atomic E-state index is -4.48. The molecule has 8 heteroatoms.